The summed E-state index contributed by atoms with van der Waals surface area (Å²) in [7, 11) is 0. The van der Waals surface area contributed by atoms with E-state index in [4.69, 9.17) is 0 Å². The van der Waals surface area contributed by atoms with E-state index < -0.39 is 0 Å². The lowest BCUT2D eigenvalue weighted by Gasteiger charge is -2.43. The van der Waals surface area contributed by atoms with Crippen LogP contribution in [0.1, 0.15) is 46.1 Å². The van der Waals surface area contributed by atoms with Crippen molar-refractivity contribution in [2.24, 2.45) is 5.92 Å². The van der Waals surface area contributed by atoms with Crippen LogP contribution in [0.4, 0.5) is 5.69 Å². The van der Waals surface area contributed by atoms with Crippen LogP contribution in [-0.2, 0) is 6.42 Å². The van der Waals surface area contributed by atoms with E-state index in [0.29, 0.717) is 12.1 Å². The van der Waals surface area contributed by atoms with Crippen LogP contribution < -0.4 is 10.2 Å². The zero-order chi connectivity index (χ0) is 14.5. The second-order valence-corrected chi connectivity index (χ2v) is 6.13. The summed E-state index contributed by atoms with van der Waals surface area (Å²) in [6.45, 7) is 11.4. The first kappa shape index (κ1) is 15.4. The SMILES string of the molecule is CCc1ccc(N2CC(C(C)CC)NCC2CC)cc1. The van der Waals surface area contributed by atoms with Crippen molar-refractivity contribution in [2.75, 3.05) is 18.0 Å². The topological polar surface area (TPSA) is 15.3 Å². The summed E-state index contributed by atoms with van der Waals surface area (Å²) in [5.41, 5.74) is 2.82. The number of anilines is 1. The molecular weight excluding hydrogens is 244 g/mol. The third kappa shape index (κ3) is 3.35. The second-order valence-electron chi connectivity index (χ2n) is 6.13. The van der Waals surface area contributed by atoms with Gasteiger partial charge in [-0.25, -0.2) is 0 Å². The Hall–Kier alpha value is -1.02. The first-order valence-corrected chi connectivity index (χ1v) is 8.28. The highest BCUT2D eigenvalue weighted by molar-refractivity contribution is 5.49. The molecule has 2 heteroatoms. The Morgan fingerprint density at radius 2 is 1.90 bits per heavy atom. The Morgan fingerprint density at radius 3 is 2.45 bits per heavy atom. The molecule has 0 radical (unpaired) electrons. The van der Waals surface area contributed by atoms with Crippen molar-refractivity contribution in [1.82, 2.24) is 5.32 Å². The number of hydrogen-bond donors (Lipinski definition) is 1. The minimum Gasteiger partial charge on any atom is -0.366 e. The summed E-state index contributed by atoms with van der Waals surface area (Å²) in [6, 6.07) is 10.4. The molecule has 0 bridgehead atoms. The van der Waals surface area contributed by atoms with Gasteiger partial charge in [-0.15, -0.1) is 0 Å². The molecule has 1 fully saturated rings. The van der Waals surface area contributed by atoms with Gasteiger partial charge in [0.1, 0.15) is 0 Å². The van der Waals surface area contributed by atoms with E-state index in [2.05, 4.69) is 62.2 Å². The number of rotatable bonds is 5. The monoisotopic (exact) mass is 274 g/mol. The van der Waals surface area contributed by atoms with E-state index in [-0.39, 0.29) is 0 Å². The maximum absolute atomic E-state index is 3.75. The summed E-state index contributed by atoms with van der Waals surface area (Å²) < 4.78 is 0. The average molecular weight is 274 g/mol. The minimum absolute atomic E-state index is 0.619. The average Bonchev–Trinajstić information content (AvgIpc) is 2.53. The Balaban J connectivity index is 2.15. The summed E-state index contributed by atoms with van der Waals surface area (Å²) in [5, 5.41) is 3.75. The number of benzene rings is 1. The maximum atomic E-state index is 3.75. The molecule has 1 heterocycles. The fourth-order valence-corrected chi connectivity index (χ4v) is 3.09. The molecular formula is C18H30N2. The molecule has 0 aliphatic carbocycles. The molecule has 1 saturated heterocycles. The Morgan fingerprint density at radius 1 is 1.20 bits per heavy atom. The van der Waals surface area contributed by atoms with Gasteiger partial charge in [-0.3, -0.25) is 0 Å². The summed E-state index contributed by atoms with van der Waals surface area (Å²) in [4.78, 5) is 2.62. The van der Waals surface area contributed by atoms with Crippen molar-refractivity contribution in [3.05, 3.63) is 29.8 Å². The van der Waals surface area contributed by atoms with Gasteiger partial charge in [0.2, 0.25) is 0 Å². The molecule has 3 atom stereocenters. The van der Waals surface area contributed by atoms with Crippen LogP contribution in [0, 0.1) is 5.92 Å². The molecule has 3 unspecified atom stereocenters. The minimum atomic E-state index is 0.619. The predicted octanol–water partition coefficient (Wildman–Crippen LogP) is 3.85. The molecule has 0 saturated carbocycles. The Labute approximate surface area is 124 Å². The number of piperazine rings is 1. The van der Waals surface area contributed by atoms with Crippen molar-refractivity contribution in [3.63, 3.8) is 0 Å². The fraction of sp³-hybridized carbons (Fsp3) is 0.667. The molecule has 1 aliphatic rings. The number of nitrogens with zero attached hydrogens (tertiary/aromatic N) is 1. The van der Waals surface area contributed by atoms with Gasteiger partial charge in [0, 0.05) is 30.9 Å². The van der Waals surface area contributed by atoms with Gasteiger partial charge in [0.05, 0.1) is 0 Å². The number of hydrogen-bond acceptors (Lipinski definition) is 2. The Kier molecular flexibility index (Phi) is 5.47. The Bertz CT molecular complexity index is 398. The van der Waals surface area contributed by atoms with E-state index in [1.165, 1.54) is 24.1 Å². The molecule has 0 amide bonds. The van der Waals surface area contributed by atoms with Gasteiger partial charge >= 0.3 is 0 Å². The van der Waals surface area contributed by atoms with Crippen LogP contribution in [0.3, 0.4) is 0 Å². The lowest BCUT2D eigenvalue weighted by molar-refractivity contribution is 0.306. The predicted molar refractivity (Wildman–Crippen MR) is 88.5 cm³/mol. The number of nitrogens with one attached hydrogen (secondary N) is 1. The van der Waals surface area contributed by atoms with Crippen LogP contribution in [0.25, 0.3) is 0 Å². The zero-order valence-electron chi connectivity index (χ0n) is 13.5. The lowest BCUT2D eigenvalue weighted by atomic mass is 9.94. The van der Waals surface area contributed by atoms with Crippen LogP contribution in [0.5, 0.6) is 0 Å². The van der Waals surface area contributed by atoms with E-state index in [9.17, 15) is 0 Å². The normalized spacial score (nSPS) is 24.7. The highest BCUT2D eigenvalue weighted by Gasteiger charge is 2.29. The van der Waals surface area contributed by atoms with Crippen molar-refractivity contribution in [3.8, 4) is 0 Å². The highest BCUT2D eigenvalue weighted by atomic mass is 15.2. The number of aryl methyl sites for hydroxylation is 1. The molecule has 20 heavy (non-hydrogen) atoms. The van der Waals surface area contributed by atoms with Gasteiger partial charge in [-0.2, -0.15) is 0 Å². The zero-order valence-corrected chi connectivity index (χ0v) is 13.5. The molecule has 112 valence electrons. The van der Waals surface area contributed by atoms with E-state index in [1.807, 2.05) is 0 Å². The van der Waals surface area contributed by atoms with Crippen molar-refractivity contribution < 1.29 is 0 Å². The molecule has 1 aliphatic heterocycles. The third-order valence-corrected chi connectivity index (χ3v) is 4.93. The molecule has 2 nitrogen and oxygen atoms in total. The second kappa shape index (κ2) is 7.12. The first-order chi connectivity index (χ1) is 9.69. The molecule has 1 aromatic rings. The molecule has 0 spiro atoms. The van der Waals surface area contributed by atoms with Crippen molar-refractivity contribution in [2.45, 2.75) is 59.0 Å². The van der Waals surface area contributed by atoms with Gasteiger partial charge in [0.15, 0.2) is 0 Å². The molecule has 1 aromatic carbocycles. The lowest BCUT2D eigenvalue weighted by Crippen LogP contribution is -2.58. The standard InChI is InChI=1S/C18H30N2/c1-5-14(4)18-13-20(16(7-3)12-19-18)17-10-8-15(6-2)9-11-17/h8-11,14,16,18-19H,5-7,12-13H2,1-4H3. The van der Waals surface area contributed by atoms with Gasteiger partial charge < -0.3 is 10.2 Å². The van der Waals surface area contributed by atoms with Gasteiger partial charge in [-0.05, 0) is 36.5 Å². The van der Waals surface area contributed by atoms with Gasteiger partial charge in [-0.1, -0.05) is 46.2 Å². The van der Waals surface area contributed by atoms with E-state index in [1.54, 1.807) is 0 Å². The van der Waals surface area contributed by atoms with Crippen LogP contribution in [0.2, 0.25) is 0 Å². The van der Waals surface area contributed by atoms with Gasteiger partial charge in [0.25, 0.3) is 0 Å². The fourth-order valence-electron chi connectivity index (χ4n) is 3.09. The van der Waals surface area contributed by atoms with Crippen LogP contribution >= 0.6 is 0 Å². The molecule has 1 N–H and O–H groups in total. The quantitative estimate of drug-likeness (QED) is 0.877. The summed E-state index contributed by atoms with van der Waals surface area (Å²) in [6.07, 6.45) is 3.57. The van der Waals surface area contributed by atoms with E-state index in [0.717, 1.165) is 25.4 Å². The van der Waals surface area contributed by atoms with Crippen molar-refractivity contribution >= 4 is 5.69 Å². The molecule has 0 aromatic heterocycles. The third-order valence-electron chi connectivity index (χ3n) is 4.93. The van der Waals surface area contributed by atoms with Crippen molar-refractivity contribution in [1.29, 1.82) is 0 Å². The van der Waals surface area contributed by atoms with Crippen LogP contribution in [0.15, 0.2) is 24.3 Å². The largest absolute Gasteiger partial charge is 0.366 e. The smallest absolute Gasteiger partial charge is 0.0412 e. The maximum Gasteiger partial charge on any atom is 0.0412 e. The van der Waals surface area contributed by atoms with E-state index >= 15 is 0 Å². The summed E-state index contributed by atoms with van der Waals surface area (Å²) >= 11 is 0. The first-order valence-electron chi connectivity index (χ1n) is 8.28. The highest BCUT2D eigenvalue weighted by Crippen LogP contribution is 2.24. The molecule has 2 rings (SSSR count). The summed E-state index contributed by atoms with van der Waals surface area (Å²) in [5.74, 6) is 0.741. The van der Waals surface area contributed by atoms with Crippen LogP contribution in [-0.4, -0.2) is 25.2 Å².